The van der Waals surface area contributed by atoms with E-state index in [2.05, 4.69) is 10.3 Å². The second-order valence-corrected chi connectivity index (χ2v) is 10.4. The average molecular weight is 512 g/mol. The minimum absolute atomic E-state index is 0.0126. The first-order chi connectivity index (χ1) is 17.2. The largest absolute Gasteiger partial charge is 0.481 e. The molecule has 1 aromatic heterocycles. The van der Waals surface area contributed by atoms with Crippen LogP contribution >= 0.6 is 11.3 Å². The van der Waals surface area contributed by atoms with E-state index in [0.29, 0.717) is 10.9 Å². The van der Waals surface area contributed by atoms with Crippen LogP contribution in [-0.4, -0.2) is 50.9 Å². The number of carbonyl (C=O) groups excluding carboxylic acids is 1. The van der Waals surface area contributed by atoms with Gasteiger partial charge >= 0.3 is 5.97 Å². The lowest BCUT2D eigenvalue weighted by atomic mass is 9.82. The number of carboxylic acids is 1. The van der Waals surface area contributed by atoms with Crippen LogP contribution < -0.4 is 15.8 Å². The van der Waals surface area contributed by atoms with Gasteiger partial charge in [-0.15, -0.1) is 0 Å². The number of ether oxygens (including phenoxy) is 1. The molecule has 36 heavy (non-hydrogen) atoms. The number of aliphatic hydroxyl groups excluding tert-OH is 2. The number of aliphatic carboxylic acids is 1. The molecule has 2 aliphatic rings. The molecule has 2 bridgehead atoms. The number of carbonyl (C=O) groups is 2. The number of hydrogen-bond donors (Lipinski definition) is 5. The number of nitrogens with two attached hydrogens (primary N) is 1. The second-order valence-electron chi connectivity index (χ2n) is 9.36. The molecular formula is C26H29N3O6S. The third-order valence-electron chi connectivity index (χ3n) is 6.34. The average Bonchev–Trinajstić information content (AvgIpc) is 3.59. The Morgan fingerprint density at radius 2 is 1.75 bits per heavy atom. The maximum atomic E-state index is 12.8. The van der Waals surface area contributed by atoms with Gasteiger partial charge in [0.15, 0.2) is 5.13 Å². The van der Waals surface area contributed by atoms with E-state index in [1.165, 1.54) is 11.3 Å². The monoisotopic (exact) mass is 511 g/mol. The van der Waals surface area contributed by atoms with Crippen LogP contribution in [0.5, 0.6) is 11.5 Å². The van der Waals surface area contributed by atoms with E-state index in [1.54, 1.807) is 6.92 Å². The van der Waals surface area contributed by atoms with Crippen molar-refractivity contribution in [3.63, 3.8) is 0 Å². The Morgan fingerprint density at radius 1 is 1.08 bits per heavy atom. The molecule has 6 N–H and O–H groups in total. The highest BCUT2D eigenvalue weighted by Gasteiger charge is 2.51. The highest BCUT2D eigenvalue weighted by molar-refractivity contribution is 7.22. The molecular weight excluding hydrogens is 482 g/mol. The van der Waals surface area contributed by atoms with Crippen molar-refractivity contribution in [2.45, 2.75) is 18.9 Å². The highest BCUT2D eigenvalue weighted by atomic mass is 32.1. The Morgan fingerprint density at radius 3 is 2.36 bits per heavy atom. The number of amides is 1. The summed E-state index contributed by atoms with van der Waals surface area (Å²) in [5.74, 6) is -1.02. The van der Waals surface area contributed by atoms with Crippen LogP contribution in [0.4, 0.5) is 5.13 Å². The third-order valence-corrected chi connectivity index (χ3v) is 7.27. The first kappa shape index (κ1) is 25.8. The van der Waals surface area contributed by atoms with Crippen molar-refractivity contribution in [1.29, 1.82) is 0 Å². The summed E-state index contributed by atoms with van der Waals surface area (Å²) in [5.41, 5.74) is 5.17. The summed E-state index contributed by atoms with van der Waals surface area (Å²) >= 11 is 1.35. The van der Waals surface area contributed by atoms with Crippen molar-refractivity contribution in [2.75, 3.05) is 18.5 Å². The van der Waals surface area contributed by atoms with E-state index in [-0.39, 0.29) is 31.0 Å². The predicted molar refractivity (Wildman–Crippen MR) is 137 cm³/mol. The summed E-state index contributed by atoms with van der Waals surface area (Å²) in [7, 11) is 0. The summed E-state index contributed by atoms with van der Waals surface area (Å²) in [5, 5.41) is 29.5. The van der Waals surface area contributed by atoms with Gasteiger partial charge in [-0.2, -0.15) is 0 Å². The minimum Gasteiger partial charge on any atom is -0.481 e. The summed E-state index contributed by atoms with van der Waals surface area (Å²) in [6, 6.07) is 15.1. The number of carboxylic acid groups (broad SMARTS) is 1. The molecule has 2 aromatic carbocycles. The lowest BCUT2D eigenvalue weighted by Crippen LogP contribution is -2.43. The predicted octanol–water partition coefficient (Wildman–Crippen LogP) is 3.24. The molecule has 1 fully saturated rings. The summed E-state index contributed by atoms with van der Waals surface area (Å²) in [4.78, 5) is 29.0. The molecule has 4 atom stereocenters. The van der Waals surface area contributed by atoms with Gasteiger partial charge in [-0.1, -0.05) is 41.7 Å². The summed E-state index contributed by atoms with van der Waals surface area (Å²) < 4.78 is 6.74. The topological polar surface area (TPSA) is 155 Å². The van der Waals surface area contributed by atoms with Crippen molar-refractivity contribution in [1.82, 2.24) is 4.98 Å². The third kappa shape index (κ3) is 5.73. The van der Waals surface area contributed by atoms with E-state index in [1.807, 2.05) is 60.7 Å². The number of hydrogen-bond acceptors (Lipinski definition) is 8. The molecule has 2 unspecified atom stereocenters. The van der Waals surface area contributed by atoms with Crippen LogP contribution in [0, 0.1) is 23.7 Å². The standard InChI is InChI=1S/C22H18N2O4S.C4H11NO2/c25-20(18-12-6-7-13(10-12)19(18)21(26)27)24-22-23-16-9-8-15(11-17(16)29-22)28-14-4-2-1-3-5-14;1-4(5,2-6)3-7/h1-9,11-13,18-19H,10H2,(H,26,27)(H,23,24,25);6-7H,2-3,5H2,1H3/t12?,13?,18-,19+;/m1./s1. The Bertz CT molecular complexity index is 1250. The van der Waals surface area contributed by atoms with Crippen molar-refractivity contribution in [3.8, 4) is 11.5 Å². The van der Waals surface area contributed by atoms with E-state index in [4.69, 9.17) is 20.7 Å². The number of rotatable bonds is 7. The molecule has 1 amide bonds. The van der Waals surface area contributed by atoms with Crippen LogP contribution in [0.2, 0.25) is 0 Å². The molecule has 10 heteroatoms. The normalized spacial score (nSPS) is 22.2. The quantitative estimate of drug-likeness (QED) is 0.303. The van der Waals surface area contributed by atoms with Gasteiger partial charge in [-0.25, -0.2) is 4.98 Å². The fourth-order valence-corrected chi connectivity index (χ4v) is 5.30. The van der Waals surface area contributed by atoms with Gasteiger partial charge in [0.2, 0.25) is 5.91 Å². The number of para-hydroxylation sites is 1. The lowest BCUT2D eigenvalue weighted by molar-refractivity contribution is -0.146. The van der Waals surface area contributed by atoms with Crippen LogP contribution in [0.15, 0.2) is 60.7 Å². The maximum Gasteiger partial charge on any atom is 0.307 e. The molecule has 9 nitrogen and oxygen atoms in total. The number of aromatic nitrogens is 1. The van der Waals surface area contributed by atoms with Gasteiger partial charge in [0.25, 0.3) is 0 Å². The summed E-state index contributed by atoms with van der Waals surface area (Å²) in [6.45, 7) is 1.22. The number of anilines is 1. The number of nitrogens with one attached hydrogen (secondary N) is 1. The zero-order valence-electron chi connectivity index (χ0n) is 19.7. The zero-order valence-corrected chi connectivity index (χ0v) is 20.5. The first-order valence-corrected chi connectivity index (χ1v) is 12.4. The van der Waals surface area contributed by atoms with Gasteiger partial charge < -0.3 is 31.1 Å². The highest BCUT2D eigenvalue weighted by Crippen LogP contribution is 2.48. The van der Waals surface area contributed by atoms with E-state index in [0.717, 1.165) is 22.4 Å². The Balaban J connectivity index is 0.000000384. The van der Waals surface area contributed by atoms with E-state index < -0.39 is 23.3 Å². The van der Waals surface area contributed by atoms with Crippen LogP contribution in [0.25, 0.3) is 10.2 Å². The number of aliphatic hydroxyl groups is 2. The lowest BCUT2D eigenvalue weighted by Gasteiger charge is -2.23. The Labute approximate surface area is 212 Å². The molecule has 1 saturated carbocycles. The van der Waals surface area contributed by atoms with Gasteiger partial charge in [-0.3, -0.25) is 9.59 Å². The van der Waals surface area contributed by atoms with Crippen LogP contribution in [-0.2, 0) is 9.59 Å². The van der Waals surface area contributed by atoms with Crippen LogP contribution in [0.3, 0.4) is 0 Å². The van der Waals surface area contributed by atoms with Gasteiger partial charge in [0, 0.05) is 6.07 Å². The molecule has 0 spiro atoms. The fourth-order valence-electron chi connectivity index (χ4n) is 4.40. The number of thiazole rings is 1. The second kappa shape index (κ2) is 10.8. The fraction of sp³-hybridized carbons (Fsp3) is 0.346. The minimum atomic E-state index is -0.908. The Hall–Kier alpha value is -3.31. The SMILES string of the molecule is CC(N)(CO)CO.O=C(Nc1nc2ccc(Oc3ccccc3)cc2s1)[C@@H]1C2C=CC(C2)[C@@H]1C(=O)O. The summed E-state index contributed by atoms with van der Waals surface area (Å²) in [6.07, 6.45) is 4.63. The molecule has 0 radical (unpaired) electrons. The number of benzene rings is 2. The molecule has 1 heterocycles. The molecule has 0 aliphatic heterocycles. The van der Waals surface area contributed by atoms with Crippen molar-refractivity contribution in [3.05, 3.63) is 60.7 Å². The molecule has 5 rings (SSSR count). The van der Waals surface area contributed by atoms with E-state index in [9.17, 15) is 14.7 Å². The number of nitrogens with zero attached hydrogens (tertiary/aromatic N) is 1. The smallest absolute Gasteiger partial charge is 0.307 e. The zero-order chi connectivity index (χ0) is 25.9. The first-order valence-electron chi connectivity index (χ1n) is 11.6. The van der Waals surface area contributed by atoms with Crippen LogP contribution in [0.1, 0.15) is 13.3 Å². The molecule has 2 aliphatic carbocycles. The molecule has 190 valence electrons. The van der Waals surface area contributed by atoms with Crippen molar-refractivity contribution < 1.29 is 29.6 Å². The Kier molecular flexibility index (Phi) is 7.70. The van der Waals surface area contributed by atoms with Gasteiger partial charge in [0.1, 0.15) is 11.5 Å². The maximum absolute atomic E-state index is 12.8. The van der Waals surface area contributed by atoms with Gasteiger partial charge in [-0.05, 0) is 49.4 Å². The number of allylic oxidation sites excluding steroid dienone is 2. The number of fused-ring (bicyclic) bond motifs is 3. The van der Waals surface area contributed by atoms with Crippen molar-refractivity contribution >= 4 is 38.6 Å². The molecule has 3 aromatic rings. The van der Waals surface area contributed by atoms with Gasteiger partial charge in [0.05, 0.1) is 40.8 Å². The van der Waals surface area contributed by atoms with E-state index >= 15 is 0 Å². The van der Waals surface area contributed by atoms with Crippen molar-refractivity contribution in [2.24, 2.45) is 29.4 Å². The molecule has 0 saturated heterocycles.